The van der Waals surface area contributed by atoms with Crippen molar-refractivity contribution in [1.82, 2.24) is 9.80 Å². The first kappa shape index (κ1) is 33.4. The zero-order valence-electron chi connectivity index (χ0n) is 27.4. The summed E-state index contributed by atoms with van der Waals surface area (Å²) in [4.78, 5) is 43.6. The van der Waals surface area contributed by atoms with Crippen LogP contribution in [0.2, 0.25) is 5.02 Å². The van der Waals surface area contributed by atoms with E-state index in [4.69, 9.17) is 21.1 Å². The highest BCUT2D eigenvalue weighted by atomic mass is 35.5. The Morgan fingerprint density at radius 1 is 1.08 bits per heavy atom. The predicted molar refractivity (Wildman–Crippen MR) is 185 cm³/mol. The Kier molecular flexibility index (Phi) is 9.79. The summed E-state index contributed by atoms with van der Waals surface area (Å²) in [7, 11) is 0. The Balaban J connectivity index is 1.03. The molecule has 1 spiro atoms. The second kappa shape index (κ2) is 14.1. The van der Waals surface area contributed by atoms with Crippen molar-refractivity contribution >= 4 is 56.5 Å². The van der Waals surface area contributed by atoms with Gasteiger partial charge in [0.25, 0.3) is 5.91 Å². The zero-order chi connectivity index (χ0) is 33.4. The molecule has 0 bridgehead atoms. The fourth-order valence-corrected chi connectivity index (χ4v) is 9.08. The number of thiophene rings is 1. The van der Waals surface area contributed by atoms with Crippen LogP contribution in [0.5, 0.6) is 0 Å². The Hall–Kier alpha value is -3.05. The summed E-state index contributed by atoms with van der Waals surface area (Å²) in [5.74, 6) is -1.31. The number of anilines is 1. The predicted octanol–water partition coefficient (Wildman–Crippen LogP) is 7.43. The number of likely N-dealkylation sites (tertiary alicyclic amines) is 2. The van der Waals surface area contributed by atoms with Crippen LogP contribution >= 0.6 is 22.9 Å². The van der Waals surface area contributed by atoms with Gasteiger partial charge >= 0.3 is 5.97 Å². The lowest BCUT2D eigenvalue weighted by Crippen LogP contribution is -2.53. The van der Waals surface area contributed by atoms with Crippen LogP contribution in [0.3, 0.4) is 0 Å². The number of ether oxygens (including phenoxy) is 2. The number of fused-ring (bicyclic) bond motifs is 1. The lowest BCUT2D eigenvalue weighted by molar-refractivity contribution is -0.160. The van der Waals surface area contributed by atoms with Gasteiger partial charge in [0.1, 0.15) is 12.0 Å². The number of carbonyl (C=O) groups is 3. The van der Waals surface area contributed by atoms with Crippen molar-refractivity contribution in [1.29, 1.82) is 0 Å². The molecule has 2 saturated carbocycles. The molecule has 1 unspecified atom stereocenters. The number of nitrogens with one attached hydrogen (secondary N) is 1. The van der Waals surface area contributed by atoms with Gasteiger partial charge in [-0.05, 0) is 93.9 Å². The number of esters is 1. The number of amides is 2. The number of hydrogen-bond acceptors (Lipinski definition) is 7. The van der Waals surface area contributed by atoms with Crippen LogP contribution in [0.15, 0.2) is 41.8 Å². The van der Waals surface area contributed by atoms with Crippen LogP contribution in [-0.2, 0) is 25.5 Å². The molecular formula is C37H43ClFN3O5S. The Labute approximate surface area is 289 Å². The highest BCUT2D eigenvalue weighted by molar-refractivity contribution is 7.17. The summed E-state index contributed by atoms with van der Waals surface area (Å²) >= 11 is 8.03. The highest BCUT2D eigenvalue weighted by Gasteiger charge is 2.51. The molecule has 1 aromatic heterocycles. The van der Waals surface area contributed by atoms with Crippen molar-refractivity contribution in [2.75, 3.05) is 31.6 Å². The van der Waals surface area contributed by atoms with E-state index in [1.807, 2.05) is 36.1 Å². The third-order valence-corrected chi connectivity index (χ3v) is 12.1. The van der Waals surface area contributed by atoms with E-state index in [1.54, 1.807) is 5.38 Å². The molecule has 3 heterocycles. The molecule has 256 valence electrons. The summed E-state index contributed by atoms with van der Waals surface area (Å²) < 4.78 is 28.7. The third kappa shape index (κ3) is 6.99. The van der Waals surface area contributed by atoms with Gasteiger partial charge in [-0.1, -0.05) is 29.8 Å². The van der Waals surface area contributed by atoms with Gasteiger partial charge in [-0.2, -0.15) is 0 Å². The largest absolute Gasteiger partial charge is 0.466 e. The second-order valence-electron chi connectivity index (χ2n) is 14.0. The molecule has 2 aliphatic heterocycles. The van der Waals surface area contributed by atoms with Crippen molar-refractivity contribution in [3.05, 3.63) is 63.7 Å². The van der Waals surface area contributed by atoms with Crippen LogP contribution in [-0.4, -0.2) is 72.2 Å². The number of hydrogen-bond donors (Lipinski definition) is 1. The van der Waals surface area contributed by atoms with E-state index in [1.165, 1.54) is 36.3 Å². The minimum Gasteiger partial charge on any atom is -0.466 e. The Morgan fingerprint density at radius 3 is 2.62 bits per heavy atom. The molecule has 2 saturated heterocycles. The van der Waals surface area contributed by atoms with Crippen LogP contribution in [0.1, 0.15) is 80.6 Å². The third-order valence-electron chi connectivity index (χ3n) is 10.8. The minimum absolute atomic E-state index is 0.0139. The SMILES string of the molecule is CCOC(=O)[C@H]1CC[C@H](OC([C@@H]2CCCN2C(=O)Cc2cc(Cl)c(NC(=O)c3csc4ccccc34)cc2F)N2CCC3(CC3)C2)CC1. The number of carbonyl (C=O) groups excluding carboxylic acids is 3. The normalized spacial score (nSPS) is 24.2. The highest BCUT2D eigenvalue weighted by Crippen LogP contribution is 2.53. The molecule has 2 aliphatic carbocycles. The minimum atomic E-state index is -0.588. The zero-order valence-corrected chi connectivity index (χ0v) is 28.9. The lowest BCUT2D eigenvalue weighted by Gasteiger charge is -2.40. The van der Waals surface area contributed by atoms with Gasteiger partial charge in [0.05, 0.1) is 47.4 Å². The molecule has 11 heteroatoms. The van der Waals surface area contributed by atoms with Crippen LogP contribution < -0.4 is 5.32 Å². The smallest absolute Gasteiger partial charge is 0.308 e. The molecule has 1 N–H and O–H groups in total. The van der Waals surface area contributed by atoms with Gasteiger partial charge in [-0.3, -0.25) is 19.3 Å². The average Bonchev–Trinajstić information content (AvgIpc) is 3.42. The van der Waals surface area contributed by atoms with Gasteiger partial charge in [-0.15, -0.1) is 11.3 Å². The fourth-order valence-electron chi connectivity index (χ4n) is 7.91. The van der Waals surface area contributed by atoms with Crippen molar-refractivity contribution in [2.24, 2.45) is 11.3 Å². The summed E-state index contributed by atoms with van der Waals surface area (Å²) in [6.45, 7) is 4.74. The maximum absolute atomic E-state index is 15.5. The fraction of sp³-hybridized carbons (Fsp3) is 0.541. The van der Waals surface area contributed by atoms with E-state index >= 15 is 4.39 Å². The van der Waals surface area contributed by atoms with Gasteiger partial charge in [0.15, 0.2) is 0 Å². The van der Waals surface area contributed by atoms with Crippen LogP contribution in [0.25, 0.3) is 10.1 Å². The van der Waals surface area contributed by atoms with Crippen molar-refractivity contribution in [3.63, 3.8) is 0 Å². The first-order valence-corrected chi connectivity index (χ1v) is 18.6. The molecule has 4 aliphatic rings. The van der Waals surface area contributed by atoms with Crippen molar-refractivity contribution < 1.29 is 28.2 Å². The quantitative estimate of drug-likeness (QED) is 0.222. The van der Waals surface area contributed by atoms with Gasteiger partial charge in [0.2, 0.25) is 5.91 Å². The summed E-state index contributed by atoms with van der Waals surface area (Å²) in [5, 5.41) is 5.54. The maximum Gasteiger partial charge on any atom is 0.308 e. The molecule has 2 amide bonds. The molecule has 2 atom stereocenters. The maximum atomic E-state index is 15.5. The molecule has 7 rings (SSSR count). The number of rotatable bonds is 10. The van der Waals surface area contributed by atoms with E-state index < -0.39 is 5.82 Å². The summed E-state index contributed by atoms with van der Waals surface area (Å²) in [5.41, 5.74) is 1.26. The lowest BCUT2D eigenvalue weighted by atomic mass is 9.87. The van der Waals surface area contributed by atoms with Crippen LogP contribution in [0, 0.1) is 17.2 Å². The number of nitrogens with zero attached hydrogens (tertiary/aromatic N) is 2. The monoisotopic (exact) mass is 695 g/mol. The molecular weight excluding hydrogens is 653 g/mol. The summed E-state index contributed by atoms with van der Waals surface area (Å²) in [6.07, 6.45) is 8.03. The standard InChI is InChI=1S/C37H43ClFN3O5S/c1-2-46-36(45)23-9-11-25(12-10-23)47-35(41-17-15-37(22-41)13-14-37)31-7-5-16-42(31)33(43)19-24-18-28(38)30(20-29(24)39)40-34(44)27-21-48-32-8-4-3-6-26(27)32/h3-4,6,8,18,20-21,23,25,31,35H,2,5,7,9-17,19,22H2,1H3,(H,40,44)/t23-,25-,31-,35?/m0/s1. The molecule has 0 radical (unpaired) electrons. The first-order chi connectivity index (χ1) is 23.2. The van der Waals surface area contributed by atoms with E-state index in [9.17, 15) is 14.4 Å². The topological polar surface area (TPSA) is 88.2 Å². The van der Waals surface area contributed by atoms with Gasteiger partial charge < -0.3 is 19.7 Å². The van der Waals surface area contributed by atoms with Gasteiger partial charge in [0, 0.05) is 35.1 Å². The Morgan fingerprint density at radius 2 is 1.88 bits per heavy atom. The first-order valence-electron chi connectivity index (χ1n) is 17.3. The molecule has 3 aromatic rings. The van der Waals surface area contributed by atoms with E-state index in [0.29, 0.717) is 24.1 Å². The van der Waals surface area contributed by atoms with Crippen LogP contribution in [0.4, 0.5) is 10.1 Å². The molecule has 2 aromatic carbocycles. The van der Waals surface area contributed by atoms with Crippen molar-refractivity contribution in [3.8, 4) is 0 Å². The second-order valence-corrected chi connectivity index (χ2v) is 15.3. The molecule has 48 heavy (non-hydrogen) atoms. The number of benzene rings is 2. The number of halogens is 2. The summed E-state index contributed by atoms with van der Waals surface area (Å²) in [6, 6.07) is 10.1. The molecule has 4 fully saturated rings. The van der Waals surface area contributed by atoms with E-state index in [-0.39, 0.29) is 64.8 Å². The van der Waals surface area contributed by atoms with E-state index in [0.717, 1.165) is 68.1 Å². The average molecular weight is 696 g/mol. The van der Waals surface area contributed by atoms with Gasteiger partial charge in [-0.25, -0.2) is 4.39 Å². The molecule has 8 nitrogen and oxygen atoms in total. The Bertz CT molecular complexity index is 1690. The van der Waals surface area contributed by atoms with Crippen molar-refractivity contribution in [2.45, 2.75) is 89.5 Å². The van der Waals surface area contributed by atoms with E-state index in [2.05, 4.69) is 10.2 Å².